The molecule has 2 aromatic heterocycles. The summed E-state index contributed by atoms with van der Waals surface area (Å²) in [4.78, 5) is 6.70. The van der Waals surface area contributed by atoms with E-state index in [9.17, 15) is 8.42 Å². The van der Waals surface area contributed by atoms with Crippen LogP contribution >= 0.6 is 10.7 Å². The molecule has 0 aliphatic rings. The molecule has 0 radical (unpaired) electrons. The van der Waals surface area contributed by atoms with Gasteiger partial charge in [-0.3, -0.25) is 4.98 Å². The second kappa shape index (κ2) is 2.71. The Kier molecular flexibility index (Phi) is 1.78. The third kappa shape index (κ3) is 1.40. The Morgan fingerprint density at radius 2 is 2.23 bits per heavy atom. The van der Waals surface area contributed by atoms with Gasteiger partial charge in [0.2, 0.25) is 0 Å². The van der Waals surface area contributed by atoms with E-state index in [1.807, 2.05) is 0 Å². The van der Waals surface area contributed by atoms with Crippen molar-refractivity contribution in [1.82, 2.24) is 9.97 Å². The quantitative estimate of drug-likeness (QED) is 0.735. The van der Waals surface area contributed by atoms with Gasteiger partial charge in [-0.2, -0.15) is 0 Å². The van der Waals surface area contributed by atoms with E-state index in [2.05, 4.69) is 9.97 Å². The molecule has 13 heavy (non-hydrogen) atoms. The average Bonchev–Trinajstić information content (AvgIpc) is 2.45. The Bertz CT molecular complexity index is 546. The summed E-state index contributed by atoms with van der Waals surface area (Å²) < 4.78 is 22.0. The van der Waals surface area contributed by atoms with Gasteiger partial charge in [0.05, 0.1) is 5.52 Å². The summed E-state index contributed by atoms with van der Waals surface area (Å²) in [7, 11) is 1.48. The van der Waals surface area contributed by atoms with Crippen LogP contribution in [0.4, 0.5) is 0 Å². The van der Waals surface area contributed by atoms with Crippen molar-refractivity contribution in [2.75, 3.05) is 0 Å². The summed E-state index contributed by atoms with van der Waals surface area (Å²) in [6.07, 6.45) is 2.85. The number of nitrogens with zero attached hydrogens (tertiary/aromatic N) is 1. The normalized spacial score (nSPS) is 12.1. The Morgan fingerprint density at radius 1 is 1.46 bits per heavy atom. The van der Waals surface area contributed by atoms with Crippen molar-refractivity contribution in [2.45, 2.75) is 4.90 Å². The van der Waals surface area contributed by atoms with E-state index in [-0.39, 0.29) is 4.90 Å². The lowest BCUT2D eigenvalue weighted by Crippen LogP contribution is -1.88. The standard InChI is InChI=1S/C7H5ClN2O2S/c8-13(11,12)6-4-10-5-2-1-3-9-7(5)6/h1-4,10H. The van der Waals surface area contributed by atoms with Crippen molar-refractivity contribution < 1.29 is 8.42 Å². The van der Waals surface area contributed by atoms with E-state index in [1.165, 1.54) is 12.4 Å². The molecule has 68 valence electrons. The lowest BCUT2D eigenvalue weighted by molar-refractivity contribution is 0.610. The van der Waals surface area contributed by atoms with E-state index in [1.54, 1.807) is 12.1 Å². The van der Waals surface area contributed by atoms with E-state index in [0.717, 1.165) is 0 Å². The van der Waals surface area contributed by atoms with E-state index >= 15 is 0 Å². The molecule has 0 aliphatic heterocycles. The number of fused-ring (bicyclic) bond motifs is 1. The zero-order chi connectivity index (χ0) is 9.47. The van der Waals surface area contributed by atoms with Crippen LogP contribution in [0.1, 0.15) is 0 Å². The summed E-state index contributed by atoms with van der Waals surface area (Å²) in [5.74, 6) is 0. The zero-order valence-electron chi connectivity index (χ0n) is 6.36. The Morgan fingerprint density at radius 3 is 2.92 bits per heavy atom. The molecule has 0 aliphatic carbocycles. The second-order valence-corrected chi connectivity index (χ2v) is 5.02. The number of nitrogens with one attached hydrogen (secondary N) is 1. The van der Waals surface area contributed by atoms with Gasteiger partial charge in [-0.05, 0) is 12.1 Å². The van der Waals surface area contributed by atoms with Crippen LogP contribution in [0.3, 0.4) is 0 Å². The molecule has 2 rings (SSSR count). The molecule has 0 spiro atoms. The molecular formula is C7H5ClN2O2S. The van der Waals surface area contributed by atoms with E-state index < -0.39 is 9.05 Å². The zero-order valence-corrected chi connectivity index (χ0v) is 7.93. The fraction of sp³-hybridized carbons (Fsp3) is 0. The summed E-state index contributed by atoms with van der Waals surface area (Å²) in [5.41, 5.74) is 1.03. The van der Waals surface area contributed by atoms with Crippen molar-refractivity contribution in [3.63, 3.8) is 0 Å². The lowest BCUT2D eigenvalue weighted by Gasteiger charge is -1.90. The third-order valence-corrected chi connectivity index (χ3v) is 3.00. The molecule has 0 unspecified atom stereocenters. The van der Waals surface area contributed by atoms with Crippen molar-refractivity contribution in [3.8, 4) is 0 Å². The minimum atomic E-state index is -3.71. The minimum absolute atomic E-state index is 0.0183. The molecule has 0 atom stereocenters. The minimum Gasteiger partial charge on any atom is -0.359 e. The largest absolute Gasteiger partial charge is 0.359 e. The molecule has 0 saturated carbocycles. The van der Waals surface area contributed by atoms with E-state index in [4.69, 9.17) is 10.7 Å². The summed E-state index contributed by atoms with van der Waals surface area (Å²) in [6, 6.07) is 3.44. The first-order valence-electron chi connectivity index (χ1n) is 3.46. The number of aromatic amines is 1. The molecule has 0 aromatic carbocycles. The number of hydrogen-bond donors (Lipinski definition) is 1. The van der Waals surface area contributed by atoms with Crippen molar-refractivity contribution in [1.29, 1.82) is 0 Å². The highest BCUT2D eigenvalue weighted by Crippen LogP contribution is 2.22. The smallest absolute Gasteiger partial charge is 0.264 e. The highest BCUT2D eigenvalue weighted by molar-refractivity contribution is 8.14. The predicted molar refractivity (Wildman–Crippen MR) is 49.1 cm³/mol. The van der Waals surface area contributed by atoms with Gasteiger partial charge >= 0.3 is 0 Å². The molecule has 1 N–H and O–H groups in total. The third-order valence-electron chi connectivity index (χ3n) is 1.66. The monoisotopic (exact) mass is 216 g/mol. The maximum absolute atomic E-state index is 11.0. The molecule has 0 bridgehead atoms. The molecule has 4 nitrogen and oxygen atoms in total. The maximum atomic E-state index is 11.0. The van der Waals surface area contributed by atoms with Crippen LogP contribution in [0, 0.1) is 0 Å². The van der Waals surface area contributed by atoms with Crippen LogP contribution in [0.15, 0.2) is 29.4 Å². The lowest BCUT2D eigenvalue weighted by atomic mass is 10.4. The van der Waals surface area contributed by atoms with E-state index in [0.29, 0.717) is 11.0 Å². The van der Waals surface area contributed by atoms with Gasteiger partial charge < -0.3 is 4.98 Å². The molecule has 0 saturated heterocycles. The van der Waals surface area contributed by atoms with Crippen molar-refractivity contribution in [2.24, 2.45) is 0 Å². The van der Waals surface area contributed by atoms with Crippen LogP contribution in [0.5, 0.6) is 0 Å². The first-order chi connectivity index (χ1) is 6.09. The van der Waals surface area contributed by atoms with Crippen LogP contribution in [0.2, 0.25) is 0 Å². The summed E-state index contributed by atoms with van der Waals surface area (Å²) >= 11 is 0. The van der Waals surface area contributed by atoms with Gasteiger partial charge in [0.15, 0.2) is 0 Å². The van der Waals surface area contributed by atoms with Gasteiger partial charge in [-0.25, -0.2) is 8.42 Å². The average molecular weight is 217 g/mol. The molecular weight excluding hydrogens is 212 g/mol. The number of rotatable bonds is 1. The van der Waals surface area contributed by atoms with Gasteiger partial charge in [0.1, 0.15) is 10.4 Å². The fourth-order valence-electron chi connectivity index (χ4n) is 1.12. The van der Waals surface area contributed by atoms with Crippen LogP contribution in [-0.2, 0) is 9.05 Å². The van der Waals surface area contributed by atoms with Crippen LogP contribution in [0.25, 0.3) is 11.0 Å². The van der Waals surface area contributed by atoms with Gasteiger partial charge in [0.25, 0.3) is 9.05 Å². The second-order valence-electron chi connectivity index (χ2n) is 2.49. The van der Waals surface area contributed by atoms with Crippen molar-refractivity contribution >= 4 is 30.8 Å². The van der Waals surface area contributed by atoms with Crippen molar-refractivity contribution in [3.05, 3.63) is 24.5 Å². The number of aromatic nitrogens is 2. The van der Waals surface area contributed by atoms with Gasteiger partial charge in [-0.15, -0.1) is 0 Å². The summed E-state index contributed by atoms with van der Waals surface area (Å²) in [6.45, 7) is 0. The topological polar surface area (TPSA) is 62.8 Å². The highest BCUT2D eigenvalue weighted by Gasteiger charge is 2.16. The molecule has 6 heteroatoms. The van der Waals surface area contributed by atoms with Gasteiger partial charge in [0, 0.05) is 23.1 Å². The molecule has 0 fully saturated rings. The number of pyridine rings is 1. The Hall–Kier alpha value is -1.07. The number of halogens is 1. The van der Waals surface area contributed by atoms with Crippen LogP contribution < -0.4 is 0 Å². The van der Waals surface area contributed by atoms with Gasteiger partial charge in [-0.1, -0.05) is 0 Å². The first-order valence-corrected chi connectivity index (χ1v) is 5.77. The molecule has 2 heterocycles. The molecule has 2 aromatic rings. The fourth-order valence-corrected chi connectivity index (χ4v) is 2.06. The SMILES string of the molecule is O=S(=O)(Cl)c1c[nH]c2cccnc12. The highest BCUT2D eigenvalue weighted by atomic mass is 35.7. The predicted octanol–water partition coefficient (Wildman–Crippen LogP) is 1.49. The first kappa shape index (κ1) is 8.52. The number of H-pyrrole nitrogens is 1. The Balaban J connectivity index is 2.87. The Labute approximate surface area is 79.0 Å². The maximum Gasteiger partial charge on any atom is 0.264 e. The van der Waals surface area contributed by atoms with Crippen LogP contribution in [-0.4, -0.2) is 18.4 Å². The summed E-state index contributed by atoms with van der Waals surface area (Å²) in [5, 5.41) is 0. The number of hydrogen-bond acceptors (Lipinski definition) is 3. The molecule has 0 amide bonds.